The molecule has 5 heteroatoms. The number of amides is 1. The maximum absolute atomic E-state index is 11.9. The molecule has 0 aliphatic carbocycles. The molecule has 0 bridgehead atoms. The fourth-order valence-corrected chi connectivity index (χ4v) is 2.21. The Morgan fingerprint density at radius 3 is 2.67 bits per heavy atom. The molecule has 0 heterocycles. The number of hydrogen-bond acceptors (Lipinski definition) is 2. The molecule has 0 fully saturated rings. The van der Waals surface area contributed by atoms with Crippen molar-refractivity contribution < 1.29 is 14.7 Å². The van der Waals surface area contributed by atoms with Crippen LogP contribution in [0.4, 0.5) is 0 Å². The van der Waals surface area contributed by atoms with E-state index < -0.39 is 5.97 Å². The fourth-order valence-electron chi connectivity index (χ4n) is 1.58. The summed E-state index contributed by atoms with van der Waals surface area (Å²) in [5, 5.41) is 11.4. The summed E-state index contributed by atoms with van der Waals surface area (Å²) in [5.41, 5.74) is 0.656. The summed E-state index contributed by atoms with van der Waals surface area (Å²) in [6.07, 6.45) is 1.38. The summed E-state index contributed by atoms with van der Waals surface area (Å²) in [5.74, 6) is -0.908. The van der Waals surface area contributed by atoms with Gasteiger partial charge in [0.1, 0.15) is 0 Å². The maximum Gasteiger partial charge on any atom is 0.303 e. The van der Waals surface area contributed by atoms with Crippen molar-refractivity contribution in [2.45, 2.75) is 32.2 Å². The number of carboxylic acids is 1. The highest BCUT2D eigenvalue weighted by atomic mass is 127. The van der Waals surface area contributed by atoms with Gasteiger partial charge in [0, 0.05) is 16.0 Å². The van der Waals surface area contributed by atoms with E-state index >= 15 is 0 Å². The summed E-state index contributed by atoms with van der Waals surface area (Å²) >= 11 is 2.12. The Labute approximate surface area is 120 Å². The molecular weight excluding hydrogens is 345 g/mol. The van der Waals surface area contributed by atoms with Crippen LogP contribution >= 0.6 is 22.6 Å². The molecule has 1 atom stereocenters. The number of aliphatic carboxylic acids is 1. The van der Waals surface area contributed by atoms with Gasteiger partial charge in [0.15, 0.2) is 0 Å². The second-order valence-electron chi connectivity index (χ2n) is 4.14. The Morgan fingerprint density at radius 1 is 1.39 bits per heavy atom. The molecule has 1 unspecified atom stereocenters. The predicted molar refractivity (Wildman–Crippen MR) is 77.6 cm³/mol. The quantitative estimate of drug-likeness (QED) is 0.766. The van der Waals surface area contributed by atoms with Crippen molar-refractivity contribution in [3.8, 4) is 0 Å². The number of carbonyl (C=O) groups excluding carboxylic acids is 1. The molecule has 18 heavy (non-hydrogen) atoms. The van der Waals surface area contributed by atoms with Crippen molar-refractivity contribution in [1.29, 1.82) is 0 Å². The third-order valence-electron chi connectivity index (χ3n) is 2.52. The average molecular weight is 361 g/mol. The van der Waals surface area contributed by atoms with Crippen LogP contribution in [0, 0.1) is 3.57 Å². The number of carbonyl (C=O) groups is 2. The summed E-state index contributed by atoms with van der Waals surface area (Å²) < 4.78 is 0.908. The molecule has 0 aromatic heterocycles. The van der Waals surface area contributed by atoms with Crippen LogP contribution < -0.4 is 5.32 Å². The monoisotopic (exact) mass is 361 g/mol. The molecule has 0 radical (unpaired) electrons. The van der Waals surface area contributed by atoms with Gasteiger partial charge in [0.25, 0.3) is 5.91 Å². The van der Waals surface area contributed by atoms with E-state index in [1.165, 1.54) is 0 Å². The van der Waals surface area contributed by atoms with Crippen molar-refractivity contribution >= 4 is 34.5 Å². The highest BCUT2D eigenvalue weighted by Crippen LogP contribution is 2.12. The van der Waals surface area contributed by atoms with Gasteiger partial charge in [-0.25, -0.2) is 0 Å². The van der Waals surface area contributed by atoms with Gasteiger partial charge < -0.3 is 10.4 Å². The van der Waals surface area contributed by atoms with Gasteiger partial charge >= 0.3 is 5.97 Å². The van der Waals surface area contributed by atoms with Crippen molar-refractivity contribution in [2.24, 2.45) is 0 Å². The Hall–Kier alpha value is -1.11. The van der Waals surface area contributed by atoms with Crippen LogP contribution in [-0.2, 0) is 4.79 Å². The second-order valence-corrected chi connectivity index (χ2v) is 5.30. The van der Waals surface area contributed by atoms with Crippen molar-refractivity contribution in [3.05, 3.63) is 33.4 Å². The Morgan fingerprint density at radius 2 is 2.06 bits per heavy atom. The zero-order valence-corrected chi connectivity index (χ0v) is 12.3. The van der Waals surface area contributed by atoms with Crippen LogP contribution in [0.5, 0.6) is 0 Å². The van der Waals surface area contributed by atoms with Gasteiger partial charge in [-0.2, -0.15) is 0 Å². The van der Waals surface area contributed by atoms with E-state index in [4.69, 9.17) is 5.11 Å². The van der Waals surface area contributed by atoms with Gasteiger partial charge in [-0.3, -0.25) is 9.59 Å². The van der Waals surface area contributed by atoms with Crippen LogP contribution in [-0.4, -0.2) is 23.0 Å². The average Bonchev–Trinajstić information content (AvgIpc) is 2.28. The van der Waals surface area contributed by atoms with Crippen LogP contribution in [0.1, 0.15) is 36.5 Å². The molecule has 0 saturated heterocycles. The van der Waals surface area contributed by atoms with Crippen molar-refractivity contribution in [2.75, 3.05) is 0 Å². The number of carboxylic acid groups (broad SMARTS) is 1. The lowest BCUT2D eigenvalue weighted by atomic mass is 10.1. The molecule has 1 amide bonds. The van der Waals surface area contributed by atoms with Crippen LogP contribution in [0.3, 0.4) is 0 Å². The first kappa shape index (κ1) is 14.9. The third-order valence-corrected chi connectivity index (χ3v) is 3.46. The molecule has 0 aliphatic rings. The number of nitrogens with one attached hydrogen (secondary N) is 1. The van der Waals surface area contributed by atoms with Crippen LogP contribution in [0.15, 0.2) is 24.3 Å². The fraction of sp³-hybridized carbons (Fsp3) is 0.385. The van der Waals surface area contributed by atoms with Crippen molar-refractivity contribution in [1.82, 2.24) is 5.32 Å². The largest absolute Gasteiger partial charge is 0.481 e. The van der Waals surface area contributed by atoms with Gasteiger partial charge in [0.05, 0.1) is 5.56 Å². The van der Waals surface area contributed by atoms with Gasteiger partial charge in [-0.15, -0.1) is 0 Å². The molecule has 1 aromatic rings. The van der Waals surface area contributed by atoms with E-state index in [-0.39, 0.29) is 18.4 Å². The van der Waals surface area contributed by atoms with E-state index in [0.29, 0.717) is 18.4 Å². The van der Waals surface area contributed by atoms with Crippen LogP contribution in [0.2, 0.25) is 0 Å². The maximum atomic E-state index is 11.9. The zero-order valence-electron chi connectivity index (χ0n) is 10.1. The van der Waals surface area contributed by atoms with Gasteiger partial charge in [-0.1, -0.05) is 12.1 Å². The molecule has 0 saturated carbocycles. The smallest absolute Gasteiger partial charge is 0.303 e. The highest BCUT2D eigenvalue weighted by Gasteiger charge is 2.12. The first-order valence-electron chi connectivity index (χ1n) is 5.78. The lowest BCUT2D eigenvalue weighted by Crippen LogP contribution is -2.33. The topological polar surface area (TPSA) is 66.4 Å². The molecular formula is C13H16INO3. The number of halogens is 1. The number of rotatable bonds is 6. The number of benzene rings is 1. The second kappa shape index (κ2) is 7.35. The summed E-state index contributed by atoms with van der Waals surface area (Å²) in [6, 6.07) is 7.35. The minimum absolute atomic E-state index is 0.0205. The van der Waals surface area contributed by atoms with E-state index in [1.54, 1.807) is 6.07 Å². The normalized spacial score (nSPS) is 11.9. The SMILES string of the molecule is CC(CCCC(=O)O)NC(=O)c1ccccc1I. The Kier molecular flexibility index (Phi) is 6.11. The minimum Gasteiger partial charge on any atom is -0.481 e. The van der Waals surface area contributed by atoms with E-state index in [9.17, 15) is 9.59 Å². The molecule has 1 aromatic carbocycles. The number of hydrogen-bond donors (Lipinski definition) is 2. The standard InChI is InChI=1S/C13H16INO3/c1-9(5-4-8-12(16)17)15-13(18)10-6-2-3-7-11(10)14/h2-3,6-7,9H,4-5,8H2,1H3,(H,15,18)(H,16,17). The first-order valence-corrected chi connectivity index (χ1v) is 6.85. The summed E-state index contributed by atoms with van der Waals surface area (Å²) in [4.78, 5) is 22.3. The van der Waals surface area contributed by atoms with E-state index in [2.05, 4.69) is 27.9 Å². The van der Waals surface area contributed by atoms with Gasteiger partial charge in [0.2, 0.25) is 0 Å². The minimum atomic E-state index is -0.800. The Balaban J connectivity index is 2.45. The van der Waals surface area contributed by atoms with E-state index in [0.717, 1.165) is 3.57 Å². The predicted octanol–water partition coefficient (Wildman–Crippen LogP) is 2.66. The molecule has 1 rings (SSSR count). The lowest BCUT2D eigenvalue weighted by molar-refractivity contribution is -0.137. The first-order chi connectivity index (χ1) is 8.50. The molecule has 0 aliphatic heterocycles. The van der Waals surface area contributed by atoms with Crippen molar-refractivity contribution in [3.63, 3.8) is 0 Å². The summed E-state index contributed by atoms with van der Waals surface area (Å²) in [7, 11) is 0. The third kappa shape index (κ3) is 5.03. The lowest BCUT2D eigenvalue weighted by Gasteiger charge is -2.13. The van der Waals surface area contributed by atoms with Gasteiger partial charge in [-0.05, 0) is 54.5 Å². The van der Waals surface area contributed by atoms with E-state index in [1.807, 2.05) is 25.1 Å². The molecule has 0 spiro atoms. The van der Waals surface area contributed by atoms with Crippen LogP contribution in [0.25, 0.3) is 0 Å². The Bertz CT molecular complexity index is 434. The zero-order chi connectivity index (χ0) is 13.5. The summed E-state index contributed by atoms with van der Waals surface area (Å²) in [6.45, 7) is 1.88. The molecule has 98 valence electrons. The highest BCUT2D eigenvalue weighted by molar-refractivity contribution is 14.1. The molecule has 2 N–H and O–H groups in total. The molecule has 4 nitrogen and oxygen atoms in total.